The first-order valence-electron chi connectivity index (χ1n) is 8.82. The van der Waals surface area contributed by atoms with Crippen molar-refractivity contribution in [3.8, 4) is 0 Å². The number of thiazole rings is 1. The van der Waals surface area contributed by atoms with E-state index < -0.39 is 0 Å². The number of rotatable bonds is 9. The fourth-order valence-corrected chi connectivity index (χ4v) is 3.59. The molecule has 0 fully saturated rings. The molecule has 2 aromatic rings. The minimum Gasteiger partial charge on any atom is -0.355 e. The Kier molecular flexibility index (Phi) is 9.13. The van der Waals surface area contributed by atoms with Crippen LogP contribution in [0.2, 0.25) is 0 Å². The van der Waals surface area contributed by atoms with Gasteiger partial charge in [0.05, 0.1) is 5.01 Å². The monoisotopic (exact) mass is 405 g/mol. The predicted molar refractivity (Wildman–Crippen MR) is 115 cm³/mol. The molecule has 1 N–H and O–H groups in total. The van der Waals surface area contributed by atoms with Crippen molar-refractivity contribution < 1.29 is 4.79 Å². The van der Waals surface area contributed by atoms with Gasteiger partial charge in [0.15, 0.2) is 5.96 Å². The average molecular weight is 406 g/mol. The van der Waals surface area contributed by atoms with E-state index in [0.29, 0.717) is 0 Å². The van der Waals surface area contributed by atoms with Gasteiger partial charge in [-0.1, -0.05) is 18.2 Å². The zero-order valence-electron chi connectivity index (χ0n) is 16.1. The van der Waals surface area contributed by atoms with Crippen molar-refractivity contribution in [2.45, 2.75) is 11.3 Å². The van der Waals surface area contributed by atoms with Crippen molar-refractivity contribution in [3.05, 3.63) is 46.9 Å². The molecule has 0 saturated carbocycles. The third-order valence-corrected chi connectivity index (χ3v) is 5.62. The van der Waals surface area contributed by atoms with Gasteiger partial charge in [-0.05, 0) is 12.1 Å². The Morgan fingerprint density at radius 1 is 1.26 bits per heavy atom. The first-order valence-corrected chi connectivity index (χ1v) is 10.7. The molecule has 0 saturated heterocycles. The zero-order valence-corrected chi connectivity index (χ0v) is 17.7. The van der Waals surface area contributed by atoms with E-state index in [1.54, 1.807) is 42.1 Å². The summed E-state index contributed by atoms with van der Waals surface area (Å²) >= 11 is 3.45. The first kappa shape index (κ1) is 21.2. The molecule has 0 aliphatic carbocycles. The fraction of sp³-hybridized carbons (Fsp3) is 0.421. The van der Waals surface area contributed by atoms with Crippen LogP contribution in [0.1, 0.15) is 5.01 Å². The Labute approximate surface area is 169 Å². The molecule has 27 heavy (non-hydrogen) atoms. The van der Waals surface area contributed by atoms with E-state index in [-0.39, 0.29) is 12.5 Å². The van der Waals surface area contributed by atoms with Crippen LogP contribution in [-0.2, 0) is 11.2 Å². The second-order valence-electron chi connectivity index (χ2n) is 6.11. The third kappa shape index (κ3) is 8.01. The van der Waals surface area contributed by atoms with Crippen LogP contribution >= 0.6 is 23.1 Å². The molecule has 1 heterocycles. The first-order chi connectivity index (χ1) is 13.1. The van der Waals surface area contributed by atoms with Gasteiger partial charge in [-0.3, -0.25) is 4.79 Å². The fourth-order valence-electron chi connectivity index (χ4n) is 2.19. The van der Waals surface area contributed by atoms with Crippen LogP contribution < -0.4 is 5.32 Å². The molecule has 1 aromatic heterocycles. The molecule has 0 aliphatic heterocycles. The maximum atomic E-state index is 11.9. The number of aromatic nitrogens is 1. The van der Waals surface area contributed by atoms with E-state index in [2.05, 4.69) is 32.3 Å². The molecule has 2 rings (SSSR count). The van der Waals surface area contributed by atoms with E-state index in [1.807, 2.05) is 36.8 Å². The molecule has 0 atom stereocenters. The molecule has 8 heteroatoms. The summed E-state index contributed by atoms with van der Waals surface area (Å²) in [5.41, 5.74) is 0. The Morgan fingerprint density at radius 2 is 2.04 bits per heavy atom. The molecule has 6 nitrogen and oxygen atoms in total. The minimum absolute atomic E-state index is 0.0127. The maximum Gasteiger partial charge on any atom is 0.243 e. The number of likely N-dealkylation sites (N-methyl/N-ethyl adjacent to an activating group) is 2. The molecule has 0 aliphatic rings. The average Bonchev–Trinajstić information content (AvgIpc) is 3.19. The van der Waals surface area contributed by atoms with Gasteiger partial charge < -0.3 is 15.1 Å². The summed E-state index contributed by atoms with van der Waals surface area (Å²) in [7, 11) is 5.48. The molecule has 0 bridgehead atoms. The third-order valence-electron chi connectivity index (χ3n) is 3.77. The maximum absolute atomic E-state index is 11.9. The highest BCUT2D eigenvalue weighted by Crippen LogP contribution is 2.15. The molecule has 1 aromatic carbocycles. The van der Waals surface area contributed by atoms with Crippen LogP contribution in [0, 0.1) is 0 Å². The summed E-state index contributed by atoms with van der Waals surface area (Å²) in [6.07, 6.45) is 2.68. The van der Waals surface area contributed by atoms with Gasteiger partial charge in [0.1, 0.15) is 6.54 Å². The highest BCUT2D eigenvalue weighted by atomic mass is 32.2. The van der Waals surface area contributed by atoms with E-state index in [0.717, 1.165) is 36.2 Å². The van der Waals surface area contributed by atoms with Crippen molar-refractivity contribution in [1.82, 2.24) is 20.1 Å². The van der Waals surface area contributed by atoms with Gasteiger partial charge >= 0.3 is 0 Å². The number of thioether (sulfide) groups is 1. The number of carbonyl (C=O) groups excluding carboxylic acids is 1. The van der Waals surface area contributed by atoms with Crippen LogP contribution in [0.5, 0.6) is 0 Å². The zero-order chi connectivity index (χ0) is 19.5. The number of amides is 1. The molecular formula is C19H27N5OS2. The Balaban J connectivity index is 1.87. The predicted octanol–water partition coefficient (Wildman–Crippen LogP) is 2.44. The largest absolute Gasteiger partial charge is 0.355 e. The topological polar surface area (TPSA) is 60.8 Å². The lowest BCUT2D eigenvalue weighted by atomic mass is 10.4. The summed E-state index contributed by atoms with van der Waals surface area (Å²) in [5.74, 6) is 1.65. The van der Waals surface area contributed by atoms with E-state index in [1.165, 1.54) is 4.90 Å². The van der Waals surface area contributed by atoms with Crippen LogP contribution in [0.3, 0.4) is 0 Å². The Bertz CT molecular complexity index is 704. The summed E-state index contributed by atoms with van der Waals surface area (Å²) < 4.78 is 0. The normalized spacial score (nSPS) is 11.3. The van der Waals surface area contributed by atoms with Crippen LogP contribution in [0.15, 0.2) is 51.8 Å². The van der Waals surface area contributed by atoms with Crippen molar-refractivity contribution in [1.29, 1.82) is 0 Å². The quantitative estimate of drug-likeness (QED) is 0.301. The number of nitrogens with one attached hydrogen (secondary N) is 1. The number of benzene rings is 1. The van der Waals surface area contributed by atoms with E-state index in [4.69, 9.17) is 0 Å². The number of aliphatic imine (C=N–C) groups is 1. The van der Waals surface area contributed by atoms with Gasteiger partial charge in [-0.2, -0.15) is 0 Å². The summed E-state index contributed by atoms with van der Waals surface area (Å²) in [6, 6.07) is 10.3. The molecule has 0 spiro atoms. The molecule has 0 radical (unpaired) electrons. The SMILES string of the molecule is CN(C)C(=O)CN=C(NCCSc1ccccc1)N(C)CCc1nccs1. The number of carbonyl (C=O) groups is 1. The molecule has 0 unspecified atom stereocenters. The van der Waals surface area contributed by atoms with Crippen molar-refractivity contribution in [3.63, 3.8) is 0 Å². The van der Waals surface area contributed by atoms with Crippen molar-refractivity contribution >= 4 is 35.0 Å². The van der Waals surface area contributed by atoms with Gasteiger partial charge in [0.2, 0.25) is 5.91 Å². The number of hydrogen-bond donors (Lipinski definition) is 1. The van der Waals surface area contributed by atoms with Crippen LogP contribution in [0.25, 0.3) is 0 Å². The molecule has 1 amide bonds. The lowest BCUT2D eigenvalue weighted by molar-refractivity contribution is -0.127. The van der Waals surface area contributed by atoms with Crippen LogP contribution in [-0.4, -0.2) is 73.2 Å². The summed E-state index contributed by atoms with van der Waals surface area (Å²) in [6.45, 7) is 1.71. The minimum atomic E-state index is -0.0127. The number of nitrogens with zero attached hydrogens (tertiary/aromatic N) is 4. The Hall–Kier alpha value is -2.06. The number of guanidine groups is 1. The lowest BCUT2D eigenvalue weighted by Gasteiger charge is -2.22. The van der Waals surface area contributed by atoms with Crippen molar-refractivity contribution in [2.75, 3.05) is 46.5 Å². The van der Waals surface area contributed by atoms with Gasteiger partial charge in [-0.25, -0.2) is 9.98 Å². The van der Waals surface area contributed by atoms with E-state index >= 15 is 0 Å². The lowest BCUT2D eigenvalue weighted by Crippen LogP contribution is -2.41. The number of hydrogen-bond acceptors (Lipinski definition) is 5. The Morgan fingerprint density at radius 3 is 2.70 bits per heavy atom. The highest BCUT2D eigenvalue weighted by molar-refractivity contribution is 7.99. The summed E-state index contributed by atoms with van der Waals surface area (Å²) in [5, 5.41) is 6.47. The summed E-state index contributed by atoms with van der Waals surface area (Å²) in [4.78, 5) is 25.6. The second-order valence-corrected chi connectivity index (χ2v) is 8.26. The molecule has 146 valence electrons. The molecular weight excluding hydrogens is 378 g/mol. The highest BCUT2D eigenvalue weighted by Gasteiger charge is 2.10. The smallest absolute Gasteiger partial charge is 0.243 e. The standard InChI is InChI=1S/C19H27N5OS2/c1-23(2)18(25)15-22-19(24(3)12-9-17-20-10-14-27-17)21-11-13-26-16-7-5-4-6-8-16/h4-8,10,14H,9,11-13,15H2,1-3H3,(H,21,22). The van der Waals surface area contributed by atoms with Crippen LogP contribution in [0.4, 0.5) is 0 Å². The van der Waals surface area contributed by atoms with E-state index in [9.17, 15) is 4.79 Å². The van der Waals surface area contributed by atoms with Gasteiger partial charge in [-0.15, -0.1) is 23.1 Å². The second kappa shape index (κ2) is 11.6. The van der Waals surface area contributed by atoms with Gasteiger partial charge in [0.25, 0.3) is 0 Å². The van der Waals surface area contributed by atoms with Gasteiger partial charge in [0, 0.05) is 62.9 Å². The van der Waals surface area contributed by atoms with Crippen molar-refractivity contribution in [2.24, 2.45) is 4.99 Å².